The van der Waals surface area contributed by atoms with Crippen LogP contribution in [0.1, 0.15) is 40.5 Å². The van der Waals surface area contributed by atoms with Crippen LogP contribution in [0.25, 0.3) is 0 Å². The molecule has 3 heteroatoms. The molecule has 1 aliphatic rings. The van der Waals surface area contributed by atoms with E-state index in [-0.39, 0.29) is 0 Å². The van der Waals surface area contributed by atoms with Gasteiger partial charge in [-0.15, -0.1) is 0 Å². The molecule has 3 nitrogen and oxygen atoms in total. The molecule has 0 aromatic rings. The highest BCUT2D eigenvalue weighted by molar-refractivity contribution is 4.84. The first kappa shape index (κ1) is 15.9. The number of likely N-dealkylation sites (N-methyl/N-ethyl adjacent to an activating group) is 1. The van der Waals surface area contributed by atoms with Crippen molar-refractivity contribution in [2.75, 3.05) is 39.9 Å². The lowest BCUT2D eigenvalue weighted by molar-refractivity contribution is 0.0438. The molecule has 18 heavy (non-hydrogen) atoms. The number of ether oxygens (including phenoxy) is 1. The molecule has 0 spiro atoms. The summed E-state index contributed by atoms with van der Waals surface area (Å²) in [7, 11) is 1.81. The lowest BCUT2D eigenvalue weighted by Crippen LogP contribution is -2.49. The van der Waals surface area contributed by atoms with E-state index in [9.17, 15) is 0 Å². The Balaban J connectivity index is 2.43. The molecule has 108 valence electrons. The highest BCUT2D eigenvalue weighted by Crippen LogP contribution is 2.34. The van der Waals surface area contributed by atoms with Crippen molar-refractivity contribution in [1.29, 1.82) is 0 Å². The zero-order chi connectivity index (χ0) is 13.6. The standard InChI is InChI=1S/C15H32N2O/c1-6-16-11-14(12-18-5)17-9-7-13(8-10-17)15(2,3)4/h13-14,16H,6-12H2,1-5H3. The minimum absolute atomic E-state index is 0.463. The fourth-order valence-electron chi connectivity index (χ4n) is 2.93. The summed E-state index contributed by atoms with van der Waals surface area (Å²) < 4.78 is 5.37. The number of likely N-dealkylation sites (tertiary alicyclic amines) is 1. The van der Waals surface area contributed by atoms with Crippen LogP contribution in [0, 0.1) is 11.3 Å². The molecule has 1 rings (SSSR count). The third-order valence-electron chi connectivity index (χ3n) is 4.26. The van der Waals surface area contributed by atoms with Gasteiger partial charge in [-0.3, -0.25) is 4.90 Å². The van der Waals surface area contributed by atoms with Crippen LogP contribution in [0.15, 0.2) is 0 Å². The van der Waals surface area contributed by atoms with Crippen LogP contribution in [-0.4, -0.2) is 50.8 Å². The first-order chi connectivity index (χ1) is 8.49. The van der Waals surface area contributed by atoms with Crippen LogP contribution in [0.3, 0.4) is 0 Å². The fourth-order valence-corrected chi connectivity index (χ4v) is 2.93. The monoisotopic (exact) mass is 256 g/mol. The SMILES string of the molecule is CCNCC(COC)N1CCC(C(C)(C)C)CC1. The predicted octanol–water partition coefficient (Wildman–Crippen LogP) is 2.37. The van der Waals surface area contributed by atoms with E-state index in [4.69, 9.17) is 4.74 Å². The Morgan fingerprint density at radius 1 is 1.28 bits per heavy atom. The average Bonchev–Trinajstić information content (AvgIpc) is 2.33. The van der Waals surface area contributed by atoms with Crippen molar-refractivity contribution in [3.8, 4) is 0 Å². The van der Waals surface area contributed by atoms with E-state index >= 15 is 0 Å². The Morgan fingerprint density at radius 3 is 2.33 bits per heavy atom. The van der Waals surface area contributed by atoms with Gasteiger partial charge in [0.05, 0.1) is 6.61 Å². The molecule has 0 amide bonds. The summed E-state index contributed by atoms with van der Waals surface area (Å²) >= 11 is 0. The Kier molecular flexibility index (Phi) is 6.61. The summed E-state index contributed by atoms with van der Waals surface area (Å²) in [5.74, 6) is 0.871. The van der Waals surface area contributed by atoms with Crippen LogP contribution in [-0.2, 0) is 4.74 Å². The molecule has 0 bridgehead atoms. The first-order valence-electron chi connectivity index (χ1n) is 7.42. The summed E-state index contributed by atoms with van der Waals surface area (Å²) in [6.45, 7) is 14.7. The minimum atomic E-state index is 0.463. The van der Waals surface area contributed by atoms with Gasteiger partial charge in [-0.1, -0.05) is 27.7 Å². The molecule has 0 aromatic heterocycles. The number of nitrogens with zero attached hydrogens (tertiary/aromatic N) is 1. The van der Waals surface area contributed by atoms with Crippen molar-refractivity contribution in [1.82, 2.24) is 10.2 Å². The quantitative estimate of drug-likeness (QED) is 0.789. The Morgan fingerprint density at radius 2 is 1.89 bits per heavy atom. The molecule has 1 saturated heterocycles. The van der Waals surface area contributed by atoms with E-state index in [1.54, 1.807) is 7.11 Å². The third kappa shape index (κ3) is 4.87. The molecule has 1 aliphatic heterocycles. The molecular weight excluding hydrogens is 224 g/mol. The minimum Gasteiger partial charge on any atom is -0.383 e. The van der Waals surface area contributed by atoms with Crippen LogP contribution in [0.2, 0.25) is 0 Å². The average molecular weight is 256 g/mol. The second-order valence-electron chi connectivity index (χ2n) is 6.59. The van der Waals surface area contributed by atoms with Crippen molar-refractivity contribution < 1.29 is 4.74 Å². The first-order valence-corrected chi connectivity index (χ1v) is 7.42. The second-order valence-corrected chi connectivity index (χ2v) is 6.59. The van der Waals surface area contributed by atoms with E-state index in [0.29, 0.717) is 11.5 Å². The number of hydrogen-bond acceptors (Lipinski definition) is 3. The van der Waals surface area contributed by atoms with Crippen molar-refractivity contribution >= 4 is 0 Å². The van der Waals surface area contributed by atoms with Gasteiger partial charge in [0.15, 0.2) is 0 Å². The van der Waals surface area contributed by atoms with Crippen molar-refractivity contribution in [3.63, 3.8) is 0 Å². The molecule has 0 aliphatic carbocycles. The van der Waals surface area contributed by atoms with Crippen molar-refractivity contribution in [2.24, 2.45) is 11.3 Å². The van der Waals surface area contributed by atoms with Gasteiger partial charge in [-0.2, -0.15) is 0 Å². The number of rotatable bonds is 6. The van der Waals surface area contributed by atoms with E-state index in [1.807, 2.05) is 0 Å². The van der Waals surface area contributed by atoms with Gasteiger partial charge in [0.1, 0.15) is 0 Å². The van der Waals surface area contributed by atoms with Gasteiger partial charge >= 0.3 is 0 Å². The fraction of sp³-hybridized carbons (Fsp3) is 1.00. The zero-order valence-electron chi connectivity index (χ0n) is 13.0. The van der Waals surface area contributed by atoms with Crippen LogP contribution in [0.4, 0.5) is 0 Å². The molecular formula is C15H32N2O. The molecule has 1 N–H and O–H groups in total. The molecule has 1 heterocycles. The maximum absolute atomic E-state index is 5.37. The van der Waals surface area contributed by atoms with Gasteiger partial charge in [0, 0.05) is 19.7 Å². The predicted molar refractivity (Wildman–Crippen MR) is 78.0 cm³/mol. The van der Waals surface area contributed by atoms with E-state index in [2.05, 4.69) is 37.9 Å². The van der Waals surface area contributed by atoms with E-state index < -0.39 is 0 Å². The topological polar surface area (TPSA) is 24.5 Å². The summed E-state index contributed by atoms with van der Waals surface area (Å²) in [5, 5.41) is 3.45. The van der Waals surface area contributed by atoms with Gasteiger partial charge < -0.3 is 10.1 Å². The van der Waals surface area contributed by atoms with Gasteiger partial charge in [-0.05, 0) is 43.8 Å². The highest BCUT2D eigenvalue weighted by atomic mass is 16.5. The second kappa shape index (κ2) is 7.46. The third-order valence-corrected chi connectivity index (χ3v) is 4.26. The van der Waals surface area contributed by atoms with Gasteiger partial charge in [0.25, 0.3) is 0 Å². The van der Waals surface area contributed by atoms with Crippen molar-refractivity contribution in [2.45, 2.75) is 46.6 Å². The largest absolute Gasteiger partial charge is 0.383 e. The highest BCUT2D eigenvalue weighted by Gasteiger charge is 2.31. The summed E-state index contributed by atoms with van der Waals surface area (Å²) in [5.41, 5.74) is 0.463. The van der Waals surface area contributed by atoms with Gasteiger partial charge in [0.2, 0.25) is 0 Å². The lowest BCUT2D eigenvalue weighted by atomic mass is 9.75. The molecule has 1 atom stereocenters. The number of nitrogens with one attached hydrogen (secondary N) is 1. The van der Waals surface area contributed by atoms with E-state index in [0.717, 1.165) is 25.6 Å². The molecule has 0 radical (unpaired) electrons. The van der Waals surface area contributed by atoms with E-state index in [1.165, 1.54) is 25.9 Å². The summed E-state index contributed by atoms with van der Waals surface area (Å²) in [6, 6.07) is 0.538. The smallest absolute Gasteiger partial charge is 0.0630 e. The Hall–Kier alpha value is -0.120. The van der Waals surface area contributed by atoms with Gasteiger partial charge in [-0.25, -0.2) is 0 Å². The van der Waals surface area contributed by atoms with Crippen LogP contribution >= 0.6 is 0 Å². The molecule has 0 aromatic carbocycles. The van der Waals surface area contributed by atoms with Crippen molar-refractivity contribution in [3.05, 3.63) is 0 Å². The van der Waals surface area contributed by atoms with Crippen LogP contribution < -0.4 is 5.32 Å². The number of hydrogen-bond donors (Lipinski definition) is 1. The number of methoxy groups -OCH3 is 1. The maximum atomic E-state index is 5.37. The van der Waals surface area contributed by atoms with Crippen LogP contribution in [0.5, 0.6) is 0 Å². The lowest BCUT2D eigenvalue weighted by Gasteiger charge is -2.41. The Bertz CT molecular complexity index is 217. The molecule has 0 saturated carbocycles. The molecule has 1 unspecified atom stereocenters. The molecule has 1 fully saturated rings. The summed E-state index contributed by atoms with van der Waals surface area (Å²) in [4.78, 5) is 2.61. The normalized spacial score (nSPS) is 21.2. The zero-order valence-corrected chi connectivity index (χ0v) is 13.0. The maximum Gasteiger partial charge on any atom is 0.0630 e. The Labute approximate surface area is 113 Å². The summed E-state index contributed by atoms with van der Waals surface area (Å²) in [6.07, 6.45) is 2.66. The number of piperidine rings is 1.